The molecule has 3 aromatic rings. The number of fused-ring (bicyclic) bond motifs is 1. The lowest BCUT2D eigenvalue weighted by atomic mass is 10.1. The zero-order valence-corrected chi connectivity index (χ0v) is 13.4. The highest BCUT2D eigenvalue weighted by molar-refractivity contribution is 6.35. The molecule has 3 heteroatoms. The molecular formula is C19H17ClN2. The van der Waals surface area contributed by atoms with E-state index in [1.54, 1.807) is 0 Å². The fraction of sp³-hybridized carbons (Fsp3) is 0.105. The lowest BCUT2D eigenvalue weighted by molar-refractivity contribution is 1.13. The number of anilines is 1. The molecule has 0 N–H and O–H groups in total. The van der Waals surface area contributed by atoms with Gasteiger partial charge in [-0.1, -0.05) is 48.0 Å². The van der Waals surface area contributed by atoms with Crippen LogP contribution in [0, 0.1) is 0 Å². The highest BCUT2D eigenvalue weighted by atomic mass is 35.5. The number of rotatable bonds is 3. The Hall–Kier alpha value is -2.32. The Balaban J connectivity index is 1.89. The first-order valence-electron chi connectivity index (χ1n) is 7.14. The van der Waals surface area contributed by atoms with E-state index in [2.05, 4.69) is 34.1 Å². The first kappa shape index (κ1) is 14.6. The van der Waals surface area contributed by atoms with Crippen LogP contribution in [-0.2, 0) is 0 Å². The largest absolute Gasteiger partial charge is 0.378 e. The first-order chi connectivity index (χ1) is 10.6. The van der Waals surface area contributed by atoms with Crippen molar-refractivity contribution in [2.24, 2.45) is 0 Å². The van der Waals surface area contributed by atoms with Crippen molar-refractivity contribution in [3.05, 3.63) is 70.9 Å². The van der Waals surface area contributed by atoms with Gasteiger partial charge in [-0.2, -0.15) is 0 Å². The number of nitrogens with zero attached hydrogens (tertiary/aromatic N) is 2. The summed E-state index contributed by atoms with van der Waals surface area (Å²) in [4.78, 5) is 6.70. The lowest BCUT2D eigenvalue weighted by Crippen LogP contribution is -2.07. The standard InChI is InChI=1S/C19H17ClN2/c1-22(2)16-11-8-14(9-12-16)7-10-15-13-18(20)17-5-3-4-6-19(17)21-15/h3-13H,1-2H3. The van der Waals surface area contributed by atoms with Crippen LogP contribution in [0.5, 0.6) is 0 Å². The van der Waals surface area contributed by atoms with E-state index in [0.29, 0.717) is 0 Å². The summed E-state index contributed by atoms with van der Waals surface area (Å²) < 4.78 is 0. The summed E-state index contributed by atoms with van der Waals surface area (Å²) in [6, 6.07) is 18.2. The minimum Gasteiger partial charge on any atom is -0.378 e. The Morgan fingerprint density at radius 3 is 2.41 bits per heavy atom. The summed E-state index contributed by atoms with van der Waals surface area (Å²) in [7, 11) is 4.07. The van der Waals surface area contributed by atoms with Crippen LogP contribution in [-0.4, -0.2) is 19.1 Å². The van der Waals surface area contributed by atoms with E-state index in [4.69, 9.17) is 11.6 Å². The SMILES string of the molecule is CN(C)c1ccc(C=Cc2cc(Cl)c3ccccc3n2)cc1. The molecule has 2 aromatic carbocycles. The summed E-state index contributed by atoms with van der Waals surface area (Å²) in [5, 5.41) is 1.71. The Bertz CT molecular complexity index is 820. The molecule has 3 rings (SSSR count). The molecule has 0 saturated carbocycles. The summed E-state index contributed by atoms with van der Waals surface area (Å²) >= 11 is 6.32. The molecule has 110 valence electrons. The van der Waals surface area contributed by atoms with Crippen LogP contribution in [0.1, 0.15) is 11.3 Å². The van der Waals surface area contributed by atoms with Gasteiger partial charge >= 0.3 is 0 Å². The van der Waals surface area contributed by atoms with Crippen LogP contribution in [0.2, 0.25) is 5.02 Å². The van der Waals surface area contributed by atoms with Crippen LogP contribution in [0.15, 0.2) is 54.6 Å². The molecule has 0 fully saturated rings. The van der Waals surface area contributed by atoms with Crippen molar-refractivity contribution < 1.29 is 0 Å². The molecule has 0 amide bonds. The van der Waals surface area contributed by atoms with Gasteiger partial charge < -0.3 is 4.90 Å². The third kappa shape index (κ3) is 3.12. The maximum atomic E-state index is 6.32. The van der Waals surface area contributed by atoms with Crippen molar-refractivity contribution in [1.82, 2.24) is 4.98 Å². The maximum Gasteiger partial charge on any atom is 0.0724 e. The van der Waals surface area contributed by atoms with Gasteiger partial charge in [0.05, 0.1) is 16.2 Å². The molecule has 0 spiro atoms. The second kappa shape index (κ2) is 6.20. The number of benzene rings is 2. The van der Waals surface area contributed by atoms with Crippen molar-refractivity contribution in [2.75, 3.05) is 19.0 Å². The maximum absolute atomic E-state index is 6.32. The predicted octanol–water partition coefficient (Wildman–Crippen LogP) is 5.12. The van der Waals surface area contributed by atoms with Crippen molar-refractivity contribution in [2.45, 2.75) is 0 Å². The van der Waals surface area contributed by atoms with Crippen LogP contribution in [0.3, 0.4) is 0 Å². The third-order valence-electron chi connectivity index (χ3n) is 3.54. The molecule has 0 radical (unpaired) electrons. The second-order valence-electron chi connectivity index (χ2n) is 5.37. The van der Waals surface area contributed by atoms with E-state index in [1.807, 2.05) is 56.6 Å². The fourth-order valence-corrected chi connectivity index (χ4v) is 2.57. The molecule has 0 atom stereocenters. The van der Waals surface area contributed by atoms with Crippen LogP contribution < -0.4 is 4.90 Å². The monoisotopic (exact) mass is 308 g/mol. The topological polar surface area (TPSA) is 16.1 Å². The van der Waals surface area contributed by atoms with Gasteiger partial charge in [0.25, 0.3) is 0 Å². The van der Waals surface area contributed by atoms with Gasteiger partial charge in [-0.05, 0) is 35.9 Å². The zero-order valence-electron chi connectivity index (χ0n) is 12.6. The van der Waals surface area contributed by atoms with Crippen LogP contribution in [0.4, 0.5) is 5.69 Å². The van der Waals surface area contributed by atoms with E-state index in [0.717, 1.165) is 27.2 Å². The number of pyridine rings is 1. The normalized spacial score (nSPS) is 11.2. The number of halogens is 1. The Morgan fingerprint density at radius 1 is 0.955 bits per heavy atom. The third-order valence-corrected chi connectivity index (χ3v) is 3.85. The Kier molecular flexibility index (Phi) is 4.12. The average Bonchev–Trinajstić information content (AvgIpc) is 2.53. The van der Waals surface area contributed by atoms with Gasteiger partial charge in [0.1, 0.15) is 0 Å². The van der Waals surface area contributed by atoms with E-state index in [1.165, 1.54) is 5.69 Å². The fourth-order valence-electron chi connectivity index (χ4n) is 2.30. The molecule has 0 aliphatic carbocycles. The molecule has 0 saturated heterocycles. The molecule has 0 bridgehead atoms. The Labute approximate surface area is 135 Å². The van der Waals surface area contributed by atoms with Gasteiger partial charge in [-0.15, -0.1) is 0 Å². The van der Waals surface area contributed by atoms with E-state index < -0.39 is 0 Å². The highest BCUT2D eigenvalue weighted by Crippen LogP contribution is 2.23. The van der Waals surface area contributed by atoms with Crippen LogP contribution >= 0.6 is 11.6 Å². The summed E-state index contributed by atoms with van der Waals surface area (Å²) in [5.74, 6) is 0. The minimum absolute atomic E-state index is 0.730. The van der Waals surface area contributed by atoms with E-state index >= 15 is 0 Å². The molecule has 22 heavy (non-hydrogen) atoms. The van der Waals surface area contributed by atoms with Crippen molar-refractivity contribution in [3.8, 4) is 0 Å². The summed E-state index contributed by atoms with van der Waals surface area (Å²) in [5.41, 5.74) is 4.10. The van der Waals surface area contributed by atoms with Crippen LogP contribution in [0.25, 0.3) is 23.1 Å². The zero-order chi connectivity index (χ0) is 15.5. The van der Waals surface area contributed by atoms with Crippen molar-refractivity contribution in [3.63, 3.8) is 0 Å². The van der Waals surface area contributed by atoms with E-state index in [9.17, 15) is 0 Å². The van der Waals surface area contributed by atoms with Gasteiger partial charge in [0.2, 0.25) is 0 Å². The number of hydrogen-bond acceptors (Lipinski definition) is 2. The minimum atomic E-state index is 0.730. The molecule has 0 aliphatic heterocycles. The average molecular weight is 309 g/mol. The molecule has 1 heterocycles. The van der Waals surface area contributed by atoms with Gasteiger partial charge in [-0.25, -0.2) is 4.98 Å². The highest BCUT2D eigenvalue weighted by Gasteiger charge is 2.01. The van der Waals surface area contributed by atoms with Gasteiger partial charge in [-0.3, -0.25) is 0 Å². The summed E-state index contributed by atoms with van der Waals surface area (Å²) in [6.07, 6.45) is 4.04. The molecule has 0 aliphatic rings. The number of aromatic nitrogens is 1. The lowest BCUT2D eigenvalue weighted by Gasteiger charge is -2.11. The van der Waals surface area contributed by atoms with Crippen molar-refractivity contribution >= 4 is 40.3 Å². The number of para-hydroxylation sites is 1. The predicted molar refractivity (Wildman–Crippen MR) is 96.5 cm³/mol. The quantitative estimate of drug-likeness (QED) is 0.667. The number of hydrogen-bond donors (Lipinski definition) is 0. The first-order valence-corrected chi connectivity index (χ1v) is 7.52. The van der Waals surface area contributed by atoms with Gasteiger partial charge in [0.15, 0.2) is 0 Å². The molecule has 2 nitrogen and oxygen atoms in total. The molecule has 0 unspecified atom stereocenters. The molecular weight excluding hydrogens is 292 g/mol. The smallest absolute Gasteiger partial charge is 0.0724 e. The summed E-state index contributed by atoms with van der Waals surface area (Å²) in [6.45, 7) is 0. The molecule has 1 aromatic heterocycles. The van der Waals surface area contributed by atoms with E-state index in [-0.39, 0.29) is 0 Å². The Morgan fingerprint density at radius 2 is 1.68 bits per heavy atom. The second-order valence-corrected chi connectivity index (χ2v) is 5.77. The van der Waals surface area contributed by atoms with Crippen molar-refractivity contribution in [1.29, 1.82) is 0 Å². The van der Waals surface area contributed by atoms with Gasteiger partial charge in [0, 0.05) is 25.2 Å².